The van der Waals surface area contributed by atoms with Crippen molar-refractivity contribution in [2.75, 3.05) is 16.4 Å². The van der Waals surface area contributed by atoms with Crippen LogP contribution in [0.25, 0.3) is 0 Å². The van der Waals surface area contributed by atoms with Crippen LogP contribution in [-0.2, 0) is 4.79 Å². The molecule has 3 aromatic carbocycles. The van der Waals surface area contributed by atoms with Gasteiger partial charge in [-0.05, 0) is 43.2 Å². The van der Waals surface area contributed by atoms with Gasteiger partial charge in [0.15, 0.2) is 0 Å². The number of benzene rings is 3. The van der Waals surface area contributed by atoms with Crippen molar-refractivity contribution in [3.63, 3.8) is 0 Å². The van der Waals surface area contributed by atoms with Crippen LogP contribution in [0.2, 0.25) is 0 Å². The van der Waals surface area contributed by atoms with Crippen LogP contribution in [0.5, 0.6) is 0 Å². The van der Waals surface area contributed by atoms with Gasteiger partial charge in [0, 0.05) is 15.5 Å². The first-order valence-corrected chi connectivity index (χ1v) is 11.4. The van der Waals surface area contributed by atoms with E-state index in [1.807, 2.05) is 47.0 Å². The highest BCUT2D eigenvalue weighted by molar-refractivity contribution is 8.00. The highest BCUT2D eigenvalue weighted by Gasteiger charge is 2.32. The minimum atomic E-state index is 0.0633. The molecule has 1 heterocycles. The number of fused-ring (bicyclic) bond motifs is 1. The summed E-state index contributed by atoms with van der Waals surface area (Å²) in [7, 11) is 0. The monoisotopic (exact) mass is 405 g/mol. The van der Waals surface area contributed by atoms with Crippen molar-refractivity contribution in [3.8, 4) is 0 Å². The summed E-state index contributed by atoms with van der Waals surface area (Å²) in [6.45, 7) is 4.21. The van der Waals surface area contributed by atoms with Crippen LogP contribution in [0.3, 0.4) is 0 Å². The number of nitrogens with zero attached hydrogens (tertiary/aromatic N) is 1. The third kappa shape index (κ3) is 3.98. The van der Waals surface area contributed by atoms with Gasteiger partial charge in [0.1, 0.15) is 0 Å². The van der Waals surface area contributed by atoms with E-state index in [9.17, 15) is 4.79 Å². The van der Waals surface area contributed by atoms with E-state index in [1.54, 1.807) is 11.8 Å². The molecule has 0 unspecified atom stereocenters. The molecule has 1 aliphatic heterocycles. The molecule has 142 valence electrons. The summed E-state index contributed by atoms with van der Waals surface area (Å²) in [5.41, 5.74) is 4.69. The van der Waals surface area contributed by atoms with Crippen LogP contribution in [0, 0.1) is 13.8 Å². The van der Waals surface area contributed by atoms with Gasteiger partial charge in [-0.1, -0.05) is 60.2 Å². The molecule has 0 spiro atoms. The van der Waals surface area contributed by atoms with Crippen molar-refractivity contribution >= 4 is 35.1 Å². The van der Waals surface area contributed by atoms with E-state index < -0.39 is 0 Å². The van der Waals surface area contributed by atoms with E-state index in [1.165, 1.54) is 26.5 Å². The second kappa shape index (κ2) is 8.46. The molecular weight excluding hydrogens is 382 g/mol. The fraction of sp³-hybridized carbons (Fsp3) is 0.208. The smallest absolute Gasteiger partial charge is 0.237 e. The summed E-state index contributed by atoms with van der Waals surface area (Å²) in [5, 5.41) is 0. The van der Waals surface area contributed by atoms with Crippen molar-refractivity contribution in [1.29, 1.82) is 0 Å². The highest BCUT2D eigenvalue weighted by atomic mass is 32.2. The van der Waals surface area contributed by atoms with Crippen molar-refractivity contribution in [2.24, 2.45) is 0 Å². The highest BCUT2D eigenvalue weighted by Crippen LogP contribution is 2.43. The number of aryl methyl sites for hydroxylation is 2. The minimum Gasteiger partial charge on any atom is -0.302 e. The summed E-state index contributed by atoms with van der Waals surface area (Å²) in [5.74, 6) is 1.47. The van der Waals surface area contributed by atoms with Gasteiger partial charge in [-0.25, -0.2) is 0 Å². The van der Waals surface area contributed by atoms with Gasteiger partial charge < -0.3 is 4.90 Å². The molecule has 0 radical (unpaired) electrons. The van der Waals surface area contributed by atoms with Gasteiger partial charge in [-0.3, -0.25) is 4.79 Å². The summed E-state index contributed by atoms with van der Waals surface area (Å²) >= 11 is 3.46. The normalized spacial score (nSPS) is 15.9. The Balaban J connectivity index is 1.62. The maximum atomic E-state index is 13.4. The minimum absolute atomic E-state index is 0.0633. The Morgan fingerprint density at radius 2 is 1.79 bits per heavy atom. The molecule has 1 atom stereocenters. The quantitative estimate of drug-likeness (QED) is 0.477. The molecular formula is C24H23NOS2. The first-order valence-electron chi connectivity index (χ1n) is 9.42. The van der Waals surface area contributed by atoms with E-state index in [0.717, 1.165) is 11.4 Å². The topological polar surface area (TPSA) is 20.3 Å². The van der Waals surface area contributed by atoms with Gasteiger partial charge in [0.25, 0.3) is 0 Å². The predicted molar refractivity (Wildman–Crippen MR) is 120 cm³/mol. The van der Waals surface area contributed by atoms with Crippen molar-refractivity contribution in [3.05, 3.63) is 89.5 Å². The molecule has 0 fully saturated rings. The fourth-order valence-electron chi connectivity index (χ4n) is 3.59. The predicted octanol–water partition coefficient (Wildman–Crippen LogP) is 6.28. The molecule has 28 heavy (non-hydrogen) atoms. The molecule has 1 aliphatic rings. The Bertz CT molecular complexity index is 987. The second-order valence-corrected chi connectivity index (χ2v) is 9.11. The second-order valence-electron chi connectivity index (χ2n) is 7.03. The van der Waals surface area contributed by atoms with E-state index in [2.05, 4.69) is 56.3 Å². The number of hydrogen-bond acceptors (Lipinski definition) is 3. The number of hydrogen-bond donors (Lipinski definition) is 0. The van der Waals surface area contributed by atoms with Crippen LogP contribution in [-0.4, -0.2) is 17.4 Å². The van der Waals surface area contributed by atoms with Crippen LogP contribution < -0.4 is 4.90 Å². The average Bonchev–Trinajstić information content (AvgIpc) is 2.72. The Morgan fingerprint density at radius 3 is 2.57 bits per heavy atom. The first kappa shape index (κ1) is 19.2. The average molecular weight is 406 g/mol. The number of thioether (sulfide) groups is 2. The lowest BCUT2D eigenvalue weighted by atomic mass is 10.1. The van der Waals surface area contributed by atoms with E-state index in [4.69, 9.17) is 0 Å². The zero-order valence-electron chi connectivity index (χ0n) is 16.1. The third-order valence-electron chi connectivity index (χ3n) is 4.97. The lowest BCUT2D eigenvalue weighted by Gasteiger charge is -2.37. The molecule has 1 amide bonds. The summed E-state index contributed by atoms with van der Waals surface area (Å²) in [4.78, 5) is 17.8. The Morgan fingerprint density at radius 1 is 1.04 bits per heavy atom. The van der Waals surface area contributed by atoms with Crippen LogP contribution in [0.4, 0.5) is 5.69 Å². The molecule has 4 heteroatoms. The first-order chi connectivity index (χ1) is 13.6. The molecule has 3 aromatic rings. The number of rotatable bonds is 4. The van der Waals surface area contributed by atoms with Crippen LogP contribution in [0.1, 0.15) is 22.7 Å². The maximum Gasteiger partial charge on any atom is 0.237 e. The summed E-state index contributed by atoms with van der Waals surface area (Å²) < 4.78 is 0. The van der Waals surface area contributed by atoms with Gasteiger partial charge in [-0.2, -0.15) is 0 Å². The molecule has 0 aliphatic carbocycles. The van der Waals surface area contributed by atoms with Crippen molar-refractivity contribution in [1.82, 2.24) is 0 Å². The SMILES string of the molecule is Cc1ccc(SCC(=O)N2c3ccccc3SC[C@@H]2c2ccccc2)c(C)c1. The van der Waals surface area contributed by atoms with Gasteiger partial charge in [0.05, 0.1) is 17.5 Å². The Labute approximate surface area is 175 Å². The van der Waals surface area contributed by atoms with E-state index in [-0.39, 0.29) is 11.9 Å². The standard InChI is InChI=1S/C24H23NOS2/c1-17-12-13-22(18(2)14-17)28-16-24(26)25-20-10-6-7-11-23(20)27-15-21(25)19-8-4-3-5-9-19/h3-14,21H,15-16H2,1-2H3/t21-/m1/s1. The molecule has 2 nitrogen and oxygen atoms in total. The van der Waals surface area contributed by atoms with Gasteiger partial charge in [0.2, 0.25) is 5.91 Å². The number of amides is 1. The number of carbonyl (C=O) groups is 1. The van der Waals surface area contributed by atoms with Crippen LogP contribution in [0.15, 0.2) is 82.6 Å². The molecule has 0 bridgehead atoms. The van der Waals surface area contributed by atoms with Gasteiger partial charge in [-0.15, -0.1) is 23.5 Å². The maximum absolute atomic E-state index is 13.4. The van der Waals surface area contributed by atoms with Gasteiger partial charge >= 0.3 is 0 Å². The zero-order chi connectivity index (χ0) is 19.5. The Hall–Kier alpha value is -2.17. The molecule has 0 saturated heterocycles. The van der Waals surface area contributed by atoms with Crippen molar-refractivity contribution in [2.45, 2.75) is 29.7 Å². The fourth-order valence-corrected chi connectivity index (χ4v) is 5.63. The third-order valence-corrected chi connectivity index (χ3v) is 7.27. The molecule has 4 rings (SSSR count). The summed E-state index contributed by atoms with van der Waals surface area (Å²) in [6.07, 6.45) is 0. The zero-order valence-corrected chi connectivity index (χ0v) is 17.7. The Kier molecular flexibility index (Phi) is 5.79. The molecule has 0 N–H and O–H groups in total. The van der Waals surface area contributed by atoms with E-state index >= 15 is 0 Å². The molecule has 0 saturated carbocycles. The number of carbonyl (C=O) groups excluding carboxylic acids is 1. The number of anilines is 1. The lowest BCUT2D eigenvalue weighted by Crippen LogP contribution is -2.39. The number of para-hydroxylation sites is 1. The lowest BCUT2D eigenvalue weighted by molar-refractivity contribution is -0.116. The van der Waals surface area contributed by atoms with Crippen molar-refractivity contribution < 1.29 is 4.79 Å². The summed E-state index contributed by atoms with van der Waals surface area (Å²) in [6, 6.07) is 25.1. The molecule has 0 aromatic heterocycles. The van der Waals surface area contributed by atoms with E-state index in [0.29, 0.717) is 5.75 Å². The largest absolute Gasteiger partial charge is 0.302 e. The van der Waals surface area contributed by atoms with Crippen LogP contribution >= 0.6 is 23.5 Å².